The molecule has 0 bridgehead atoms. The quantitative estimate of drug-likeness (QED) is 0.292. The van der Waals surface area contributed by atoms with Gasteiger partial charge in [-0.15, -0.1) is 0 Å². The van der Waals surface area contributed by atoms with E-state index in [1.807, 2.05) is 53.2 Å². The molecule has 0 fully saturated rings. The predicted octanol–water partition coefficient (Wildman–Crippen LogP) is 4.74. The maximum Gasteiger partial charge on any atom is 0.251 e. The van der Waals surface area contributed by atoms with Gasteiger partial charge in [0.25, 0.3) is 5.91 Å². The van der Waals surface area contributed by atoms with E-state index in [1.165, 1.54) is 0 Å². The van der Waals surface area contributed by atoms with Crippen molar-refractivity contribution in [3.63, 3.8) is 0 Å². The highest BCUT2D eigenvalue weighted by Gasteiger charge is 2.08. The molecule has 0 aliphatic carbocycles. The average molecular weight is 492 g/mol. The number of nitrogens with zero attached hydrogens (tertiary/aromatic N) is 4. The number of hydrogen-bond acceptors (Lipinski definition) is 6. The molecule has 32 heavy (non-hydrogen) atoms. The smallest absolute Gasteiger partial charge is 0.251 e. The highest BCUT2D eigenvalue weighted by atomic mass is 79.9. The molecule has 0 saturated carbocycles. The first-order valence-corrected chi connectivity index (χ1v) is 10.9. The van der Waals surface area contributed by atoms with Crippen LogP contribution in [0, 0.1) is 0 Å². The topological polar surface area (TPSA) is 96.8 Å². The fraction of sp³-hybridized carbons (Fsp3) is 0.130. The summed E-state index contributed by atoms with van der Waals surface area (Å²) in [4.78, 5) is 25.2. The van der Waals surface area contributed by atoms with Gasteiger partial charge in [0, 0.05) is 48.6 Å². The van der Waals surface area contributed by atoms with E-state index in [0.717, 1.165) is 28.8 Å². The lowest BCUT2D eigenvalue weighted by Crippen LogP contribution is -2.25. The van der Waals surface area contributed by atoms with Crippen molar-refractivity contribution < 1.29 is 4.79 Å². The van der Waals surface area contributed by atoms with Crippen LogP contribution in [0.5, 0.6) is 0 Å². The fourth-order valence-corrected chi connectivity index (χ4v) is 3.28. The van der Waals surface area contributed by atoms with Gasteiger partial charge >= 0.3 is 0 Å². The summed E-state index contributed by atoms with van der Waals surface area (Å²) in [6, 6.07) is 17.0. The Balaban J connectivity index is 1.32. The first-order valence-electron chi connectivity index (χ1n) is 10.1. The molecule has 2 heterocycles. The lowest BCUT2D eigenvalue weighted by atomic mass is 10.2. The largest absolute Gasteiger partial charge is 0.352 e. The summed E-state index contributed by atoms with van der Waals surface area (Å²) >= 11 is 3.47. The van der Waals surface area contributed by atoms with Gasteiger partial charge in [-0.2, -0.15) is 4.98 Å². The van der Waals surface area contributed by atoms with Gasteiger partial charge in [0.05, 0.1) is 10.8 Å². The van der Waals surface area contributed by atoms with Crippen molar-refractivity contribution in [3.05, 3.63) is 89.6 Å². The third-order valence-corrected chi connectivity index (χ3v) is 5.20. The summed E-state index contributed by atoms with van der Waals surface area (Å²) < 4.78 is 2.74. The summed E-state index contributed by atoms with van der Waals surface area (Å²) in [6.45, 7) is 1.42. The number of aromatic nitrogens is 4. The molecule has 9 heteroatoms. The molecule has 0 radical (unpaired) electrons. The van der Waals surface area contributed by atoms with E-state index < -0.39 is 0 Å². The van der Waals surface area contributed by atoms with Crippen molar-refractivity contribution in [3.8, 4) is 0 Å². The Kier molecular flexibility index (Phi) is 7.08. The van der Waals surface area contributed by atoms with Gasteiger partial charge in [-0.05, 0) is 58.7 Å². The Bertz CT molecular complexity index is 1150. The van der Waals surface area contributed by atoms with Gasteiger partial charge < -0.3 is 20.5 Å². The molecule has 0 spiro atoms. The third-order valence-electron chi connectivity index (χ3n) is 4.62. The van der Waals surface area contributed by atoms with Crippen LogP contribution in [0.3, 0.4) is 0 Å². The number of para-hydroxylation sites is 1. The second kappa shape index (κ2) is 10.5. The fourth-order valence-electron chi connectivity index (χ4n) is 2.99. The van der Waals surface area contributed by atoms with E-state index in [9.17, 15) is 4.79 Å². The minimum absolute atomic E-state index is 0.101. The monoisotopic (exact) mass is 491 g/mol. The van der Waals surface area contributed by atoms with E-state index in [2.05, 4.69) is 46.8 Å². The van der Waals surface area contributed by atoms with Crippen molar-refractivity contribution >= 4 is 45.0 Å². The molecule has 0 unspecified atom stereocenters. The van der Waals surface area contributed by atoms with Gasteiger partial charge in [0.2, 0.25) is 5.95 Å². The molecule has 0 atom stereocenters. The van der Waals surface area contributed by atoms with Crippen molar-refractivity contribution in [2.45, 2.75) is 13.0 Å². The molecule has 3 N–H and O–H groups in total. The summed E-state index contributed by atoms with van der Waals surface area (Å²) in [5, 5.41) is 9.36. The number of imidazole rings is 1. The average Bonchev–Trinajstić information content (AvgIpc) is 3.34. The second-order valence-corrected chi connectivity index (χ2v) is 7.85. The molecule has 2 aromatic heterocycles. The van der Waals surface area contributed by atoms with Crippen LogP contribution in [-0.4, -0.2) is 32.0 Å². The molecule has 4 rings (SSSR count). The Morgan fingerprint density at radius 1 is 1.00 bits per heavy atom. The number of aryl methyl sites for hydroxylation is 1. The first kappa shape index (κ1) is 21.5. The molecule has 2 aromatic carbocycles. The highest BCUT2D eigenvalue weighted by molar-refractivity contribution is 9.10. The van der Waals surface area contributed by atoms with Gasteiger partial charge in [0.15, 0.2) is 0 Å². The lowest BCUT2D eigenvalue weighted by molar-refractivity contribution is 0.0953. The Morgan fingerprint density at radius 2 is 1.78 bits per heavy atom. The minimum Gasteiger partial charge on any atom is -0.352 e. The zero-order valence-corrected chi connectivity index (χ0v) is 18.8. The number of anilines is 4. The summed E-state index contributed by atoms with van der Waals surface area (Å²) in [6.07, 6.45) is 7.94. The molecular weight excluding hydrogens is 470 g/mol. The Labute approximate surface area is 194 Å². The highest BCUT2D eigenvalue weighted by Crippen LogP contribution is 2.25. The third kappa shape index (κ3) is 5.92. The molecule has 0 aliphatic heterocycles. The molecule has 162 valence electrons. The standard InChI is InChI=1S/C23H22BrN7O/c24-20-15-27-23(30-21(20)28-18-5-2-1-3-6-18)29-19-9-7-17(8-10-19)22(32)26-11-4-13-31-14-12-25-16-31/h1-3,5-10,12,14-16H,4,11,13H2,(H,26,32)(H2,27,28,29,30). The van der Waals surface area contributed by atoms with Crippen molar-refractivity contribution in [2.24, 2.45) is 0 Å². The zero-order valence-electron chi connectivity index (χ0n) is 17.2. The first-order chi connectivity index (χ1) is 15.7. The molecule has 4 aromatic rings. The van der Waals surface area contributed by atoms with E-state index in [-0.39, 0.29) is 5.91 Å². The van der Waals surface area contributed by atoms with Crippen molar-refractivity contribution in [1.82, 2.24) is 24.8 Å². The van der Waals surface area contributed by atoms with Crippen LogP contribution in [-0.2, 0) is 6.54 Å². The molecule has 1 amide bonds. The summed E-state index contributed by atoms with van der Waals surface area (Å²) in [5.74, 6) is 1.00. The number of carbonyl (C=O) groups is 1. The molecule has 0 aliphatic rings. The number of benzene rings is 2. The van der Waals surface area contributed by atoms with Crippen molar-refractivity contribution in [2.75, 3.05) is 17.2 Å². The second-order valence-electron chi connectivity index (χ2n) is 6.99. The van der Waals surface area contributed by atoms with Gasteiger partial charge in [-0.3, -0.25) is 4.79 Å². The van der Waals surface area contributed by atoms with Crippen LogP contribution in [0.1, 0.15) is 16.8 Å². The lowest BCUT2D eigenvalue weighted by Gasteiger charge is -2.11. The van der Waals surface area contributed by atoms with Gasteiger partial charge in [-0.25, -0.2) is 9.97 Å². The van der Waals surface area contributed by atoms with Gasteiger partial charge in [-0.1, -0.05) is 18.2 Å². The minimum atomic E-state index is -0.101. The Morgan fingerprint density at radius 3 is 2.53 bits per heavy atom. The summed E-state index contributed by atoms with van der Waals surface area (Å²) in [5.41, 5.74) is 2.31. The van der Waals surface area contributed by atoms with Crippen LogP contribution in [0.25, 0.3) is 0 Å². The maximum atomic E-state index is 12.3. The van der Waals surface area contributed by atoms with Crippen LogP contribution < -0.4 is 16.0 Å². The van der Waals surface area contributed by atoms with E-state index in [1.54, 1.807) is 30.9 Å². The number of rotatable bonds is 9. The van der Waals surface area contributed by atoms with Crippen LogP contribution >= 0.6 is 15.9 Å². The van der Waals surface area contributed by atoms with E-state index in [0.29, 0.717) is 23.9 Å². The number of nitrogens with one attached hydrogen (secondary N) is 3. The maximum absolute atomic E-state index is 12.3. The Hall–Kier alpha value is -3.72. The van der Waals surface area contributed by atoms with Crippen LogP contribution in [0.15, 0.2) is 84.0 Å². The van der Waals surface area contributed by atoms with E-state index in [4.69, 9.17) is 0 Å². The predicted molar refractivity (Wildman–Crippen MR) is 128 cm³/mol. The summed E-state index contributed by atoms with van der Waals surface area (Å²) in [7, 11) is 0. The number of halogens is 1. The molecular formula is C23H22BrN7O. The number of hydrogen-bond donors (Lipinski definition) is 3. The zero-order chi connectivity index (χ0) is 22.2. The van der Waals surface area contributed by atoms with Crippen LogP contribution in [0.4, 0.5) is 23.1 Å². The van der Waals surface area contributed by atoms with Crippen LogP contribution in [0.2, 0.25) is 0 Å². The number of carbonyl (C=O) groups excluding carboxylic acids is 1. The van der Waals surface area contributed by atoms with Crippen molar-refractivity contribution in [1.29, 1.82) is 0 Å². The molecule has 8 nitrogen and oxygen atoms in total. The number of amides is 1. The SMILES string of the molecule is O=C(NCCCn1ccnc1)c1ccc(Nc2ncc(Br)c(Nc3ccccc3)n2)cc1. The molecule has 0 saturated heterocycles. The van der Waals surface area contributed by atoms with Gasteiger partial charge in [0.1, 0.15) is 5.82 Å². The normalized spacial score (nSPS) is 10.5. The van der Waals surface area contributed by atoms with E-state index >= 15 is 0 Å².